The molecule has 0 amide bonds. The number of carbonyl (C=O) groups excluding carboxylic acids is 1. The molecule has 0 spiro atoms. The maximum Gasteiger partial charge on any atom is 0.385 e. The number of carbonyl (C=O) groups is 1. The Kier molecular flexibility index (Phi) is 3.74. The second-order valence-corrected chi connectivity index (χ2v) is 4.03. The van der Waals surface area contributed by atoms with Crippen LogP contribution >= 0.6 is 11.6 Å². The van der Waals surface area contributed by atoms with Crippen molar-refractivity contribution in [2.24, 2.45) is 12.2 Å². The van der Waals surface area contributed by atoms with E-state index in [9.17, 15) is 4.79 Å². The van der Waals surface area contributed by atoms with Crippen molar-refractivity contribution in [1.82, 2.24) is 9.55 Å². The molecular formula is C12H10ClN3O2. The van der Waals surface area contributed by atoms with Gasteiger partial charge >= 0.3 is 5.97 Å². The van der Waals surface area contributed by atoms with Gasteiger partial charge in [-0.25, -0.2) is 9.78 Å². The topological polar surface area (TPSA) is 56.5 Å². The third-order valence-corrected chi connectivity index (χ3v) is 2.34. The monoisotopic (exact) mass is 263 g/mol. The van der Waals surface area contributed by atoms with Crippen LogP contribution in [0.15, 0.2) is 41.9 Å². The molecule has 0 radical (unpaired) electrons. The Bertz CT molecular complexity index is 593. The molecule has 2 rings (SSSR count). The van der Waals surface area contributed by atoms with Crippen molar-refractivity contribution >= 4 is 23.8 Å². The van der Waals surface area contributed by atoms with Gasteiger partial charge in [-0.15, -0.1) is 0 Å². The summed E-state index contributed by atoms with van der Waals surface area (Å²) >= 11 is 5.80. The average Bonchev–Trinajstić information content (AvgIpc) is 2.76. The lowest BCUT2D eigenvalue weighted by molar-refractivity contribution is 0.0513. The average molecular weight is 264 g/mol. The Balaban J connectivity index is 1.97. The molecular weight excluding hydrogens is 254 g/mol. The van der Waals surface area contributed by atoms with Crippen molar-refractivity contribution in [1.29, 1.82) is 0 Å². The molecule has 0 saturated heterocycles. The van der Waals surface area contributed by atoms with Crippen molar-refractivity contribution in [2.45, 2.75) is 0 Å². The van der Waals surface area contributed by atoms with E-state index >= 15 is 0 Å². The largest absolute Gasteiger partial charge is 0.385 e. The fourth-order valence-corrected chi connectivity index (χ4v) is 1.49. The minimum atomic E-state index is -0.603. The maximum atomic E-state index is 11.5. The summed E-state index contributed by atoms with van der Waals surface area (Å²) in [5, 5.41) is 4.18. The lowest BCUT2D eigenvalue weighted by Crippen LogP contribution is -2.01. The Hall–Kier alpha value is -2.14. The highest BCUT2D eigenvalue weighted by atomic mass is 35.5. The molecule has 2 aromatic rings. The molecule has 0 bridgehead atoms. The maximum absolute atomic E-state index is 11.5. The zero-order chi connectivity index (χ0) is 13.0. The first-order valence-corrected chi connectivity index (χ1v) is 5.51. The second-order valence-electron chi connectivity index (χ2n) is 3.59. The molecule has 0 N–H and O–H groups in total. The molecule has 1 aromatic carbocycles. The summed E-state index contributed by atoms with van der Waals surface area (Å²) in [6, 6.07) is 7.03. The van der Waals surface area contributed by atoms with Crippen molar-refractivity contribution in [3.63, 3.8) is 0 Å². The second kappa shape index (κ2) is 5.46. The highest BCUT2D eigenvalue weighted by Crippen LogP contribution is 2.09. The number of imidazole rings is 1. The van der Waals surface area contributed by atoms with Crippen LogP contribution in [0.3, 0.4) is 0 Å². The van der Waals surface area contributed by atoms with Crippen molar-refractivity contribution in [2.75, 3.05) is 0 Å². The van der Waals surface area contributed by atoms with E-state index in [-0.39, 0.29) is 5.69 Å². The van der Waals surface area contributed by atoms with Gasteiger partial charge < -0.3 is 9.40 Å². The van der Waals surface area contributed by atoms with E-state index in [4.69, 9.17) is 16.4 Å². The van der Waals surface area contributed by atoms with Gasteiger partial charge in [-0.1, -0.05) is 28.9 Å². The van der Waals surface area contributed by atoms with Crippen LogP contribution in [0.1, 0.15) is 16.1 Å². The zero-order valence-corrected chi connectivity index (χ0v) is 10.3. The smallest absolute Gasteiger partial charge is 0.340 e. The fraction of sp³-hybridized carbons (Fsp3) is 0.0833. The molecule has 0 atom stereocenters. The molecule has 6 heteroatoms. The Morgan fingerprint density at radius 3 is 3.06 bits per heavy atom. The van der Waals surface area contributed by atoms with Gasteiger partial charge in [-0.05, 0) is 17.7 Å². The molecule has 1 heterocycles. The highest BCUT2D eigenvalue weighted by molar-refractivity contribution is 6.30. The number of benzene rings is 1. The van der Waals surface area contributed by atoms with Gasteiger partial charge in [0.2, 0.25) is 0 Å². The van der Waals surface area contributed by atoms with Crippen LogP contribution in [-0.4, -0.2) is 21.7 Å². The van der Waals surface area contributed by atoms with Crippen LogP contribution in [0.2, 0.25) is 5.02 Å². The predicted octanol–water partition coefficient (Wildman–Crippen LogP) is 2.26. The first-order valence-electron chi connectivity index (χ1n) is 5.13. The van der Waals surface area contributed by atoms with Gasteiger partial charge in [-0.3, -0.25) is 0 Å². The van der Waals surface area contributed by atoms with Crippen molar-refractivity contribution in [3.05, 3.63) is 53.1 Å². The molecule has 0 aliphatic rings. The van der Waals surface area contributed by atoms with Gasteiger partial charge in [0, 0.05) is 18.3 Å². The van der Waals surface area contributed by atoms with Crippen molar-refractivity contribution in [3.8, 4) is 0 Å². The van der Waals surface area contributed by atoms with E-state index in [1.807, 2.05) is 0 Å². The van der Waals surface area contributed by atoms with E-state index in [0.29, 0.717) is 5.02 Å². The Morgan fingerprint density at radius 1 is 1.56 bits per heavy atom. The number of nitrogens with zero attached hydrogens (tertiary/aromatic N) is 3. The molecule has 0 aliphatic heterocycles. The van der Waals surface area contributed by atoms with Crippen LogP contribution in [0, 0.1) is 0 Å². The first kappa shape index (κ1) is 12.3. The van der Waals surface area contributed by atoms with E-state index in [1.165, 1.54) is 12.5 Å². The van der Waals surface area contributed by atoms with Gasteiger partial charge in [0.15, 0.2) is 5.69 Å². The summed E-state index contributed by atoms with van der Waals surface area (Å²) in [5.41, 5.74) is 0.956. The lowest BCUT2D eigenvalue weighted by atomic mass is 10.2. The molecule has 0 saturated carbocycles. The molecule has 1 aromatic heterocycles. The Morgan fingerprint density at radius 2 is 2.39 bits per heavy atom. The first-order chi connectivity index (χ1) is 8.65. The molecule has 18 heavy (non-hydrogen) atoms. The highest BCUT2D eigenvalue weighted by Gasteiger charge is 2.09. The minimum Gasteiger partial charge on any atom is -0.340 e. The van der Waals surface area contributed by atoms with Crippen LogP contribution in [0.5, 0.6) is 0 Å². The predicted molar refractivity (Wildman–Crippen MR) is 67.7 cm³/mol. The van der Waals surface area contributed by atoms with E-state index in [0.717, 1.165) is 5.56 Å². The lowest BCUT2D eigenvalue weighted by Gasteiger charge is -1.94. The number of hydrogen-bond acceptors (Lipinski definition) is 4. The summed E-state index contributed by atoms with van der Waals surface area (Å²) in [7, 11) is 1.76. The molecule has 0 aliphatic carbocycles. The summed E-state index contributed by atoms with van der Waals surface area (Å²) < 4.78 is 1.65. The van der Waals surface area contributed by atoms with Crippen LogP contribution < -0.4 is 0 Å². The number of aromatic nitrogens is 2. The third kappa shape index (κ3) is 3.18. The number of halogens is 1. The van der Waals surface area contributed by atoms with E-state index in [2.05, 4.69) is 10.1 Å². The summed E-state index contributed by atoms with van der Waals surface area (Å²) in [6.45, 7) is 0. The van der Waals surface area contributed by atoms with E-state index in [1.54, 1.807) is 42.1 Å². The van der Waals surface area contributed by atoms with Gasteiger partial charge in [0.25, 0.3) is 0 Å². The Labute approximate surface area is 109 Å². The zero-order valence-electron chi connectivity index (χ0n) is 9.58. The number of oxime groups is 1. The number of hydrogen-bond donors (Lipinski definition) is 0. The normalized spacial score (nSPS) is 10.8. The minimum absolute atomic E-state index is 0.209. The SMILES string of the molecule is Cn1cnc(C(=O)ON=Cc2cccc(Cl)c2)c1. The van der Waals surface area contributed by atoms with E-state index < -0.39 is 5.97 Å². The van der Waals surface area contributed by atoms with Crippen LogP contribution in [0.4, 0.5) is 0 Å². The third-order valence-electron chi connectivity index (χ3n) is 2.10. The molecule has 0 unspecified atom stereocenters. The molecule has 0 fully saturated rings. The van der Waals surface area contributed by atoms with Gasteiger partial charge in [0.1, 0.15) is 0 Å². The number of aryl methyl sites for hydroxylation is 1. The summed E-state index contributed by atoms with van der Waals surface area (Å²) in [4.78, 5) is 20.0. The van der Waals surface area contributed by atoms with Gasteiger partial charge in [-0.2, -0.15) is 0 Å². The standard InChI is InChI=1S/C12H10ClN3O2/c1-16-7-11(14-8-16)12(17)18-15-6-9-3-2-4-10(13)5-9/h2-8H,1H3. The quantitative estimate of drug-likeness (QED) is 0.485. The van der Waals surface area contributed by atoms with Crippen LogP contribution in [-0.2, 0) is 11.9 Å². The van der Waals surface area contributed by atoms with Crippen molar-refractivity contribution < 1.29 is 9.63 Å². The van der Waals surface area contributed by atoms with Gasteiger partial charge in [0.05, 0.1) is 12.5 Å². The molecule has 92 valence electrons. The molecule has 5 nitrogen and oxygen atoms in total. The summed E-state index contributed by atoms with van der Waals surface area (Å²) in [5.74, 6) is -0.603. The summed E-state index contributed by atoms with van der Waals surface area (Å²) in [6.07, 6.45) is 4.47. The fourth-order valence-electron chi connectivity index (χ4n) is 1.29. The van der Waals surface area contributed by atoms with Crippen LogP contribution in [0.25, 0.3) is 0 Å². The number of rotatable bonds is 3.